The summed E-state index contributed by atoms with van der Waals surface area (Å²) in [6, 6.07) is 8.34. The van der Waals surface area contributed by atoms with E-state index in [9.17, 15) is 4.79 Å². The fraction of sp³-hybridized carbons (Fsp3) is 0.533. The van der Waals surface area contributed by atoms with Crippen LogP contribution in [0.15, 0.2) is 24.3 Å². The first-order chi connectivity index (χ1) is 7.91. The number of rotatable bonds is 5. The van der Waals surface area contributed by atoms with Gasteiger partial charge in [-0.15, -0.1) is 0 Å². The fourth-order valence-electron chi connectivity index (χ4n) is 1.93. The second-order valence-electron chi connectivity index (χ2n) is 5.26. The van der Waals surface area contributed by atoms with Crippen LogP contribution < -0.4 is 0 Å². The highest BCUT2D eigenvalue weighted by atomic mass is 16.4. The van der Waals surface area contributed by atoms with Crippen molar-refractivity contribution in [3.63, 3.8) is 0 Å². The molecule has 1 aromatic rings. The molecule has 2 unspecified atom stereocenters. The molecule has 17 heavy (non-hydrogen) atoms. The number of carboxylic acid groups (broad SMARTS) is 1. The molecule has 1 aromatic carbocycles. The molecule has 0 aliphatic carbocycles. The Bertz CT molecular complexity index is 365. The van der Waals surface area contributed by atoms with Gasteiger partial charge in [-0.25, -0.2) is 0 Å². The number of carbonyl (C=O) groups is 1. The van der Waals surface area contributed by atoms with Gasteiger partial charge in [-0.2, -0.15) is 0 Å². The third-order valence-corrected chi connectivity index (χ3v) is 3.29. The Kier molecular flexibility index (Phi) is 4.73. The van der Waals surface area contributed by atoms with Gasteiger partial charge in [-0.1, -0.05) is 52.0 Å². The molecule has 1 rings (SSSR count). The summed E-state index contributed by atoms with van der Waals surface area (Å²) in [6.45, 7) is 8.12. The molecule has 0 amide bonds. The number of hydrogen-bond acceptors (Lipinski definition) is 1. The average molecular weight is 234 g/mol. The molecule has 0 saturated heterocycles. The molecule has 94 valence electrons. The van der Waals surface area contributed by atoms with E-state index in [1.165, 1.54) is 5.56 Å². The van der Waals surface area contributed by atoms with Crippen molar-refractivity contribution in [2.75, 3.05) is 0 Å². The van der Waals surface area contributed by atoms with Crippen molar-refractivity contribution in [2.24, 2.45) is 11.8 Å². The molecule has 2 heteroatoms. The van der Waals surface area contributed by atoms with E-state index in [1.54, 1.807) is 6.92 Å². The van der Waals surface area contributed by atoms with Crippen molar-refractivity contribution in [1.82, 2.24) is 0 Å². The van der Waals surface area contributed by atoms with Gasteiger partial charge in [0.05, 0.1) is 5.92 Å². The lowest BCUT2D eigenvalue weighted by molar-refractivity contribution is -0.141. The van der Waals surface area contributed by atoms with Crippen molar-refractivity contribution >= 4 is 5.97 Å². The van der Waals surface area contributed by atoms with Crippen LogP contribution in [0.1, 0.15) is 44.7 Å². The van der Waals surface area contributed by atoms with Gasteiger partial charge in [0, 0.05) is 0 Å². The van der Waals surface area contributed by atoms with E-state index >= 15 is 0 Å². The highest BCUT2D eigenvalue weighted by Crippen LogP contribution is 2.24. The quantitative estimate of drug-likeness (QED) is 0.843. The van der Waals surface area contributed by atoms with Gasteiger partial charge in [-0.3, -0.25) is 4.79 Å². The molecular formula is C15H22O2. The van der Waals surface area contributed by atoms with E-state index in [4.69, 9.17) is 5.11 Å². The summed E-state index contributed by atoms with van der Waals surface area (Å²) in [5.74, 6) is -0.369. The summed E-state index contributed by atoms with van der Waals surface area (Å²) in [4.78, 5) is 10.9. The van der Waals surface area contributed by atoms with Gasteiger partial charge < -0.3 is 5.11 Å². The summed E-state index contributed by atoms with van der Waals surface area (Å²) < 4.78 is 0. The molecule has 0 spiro atoms. The summed E-state index contributed by atoms with van der Waals surface area (Å²) in [6.07, 6.45) is 1.07. The molecule has 0 aliphatic rings. The molecular weight excluding hydrogens is 212 g/mol. The minimum atomic E-state index is -0.733. The standard InChI is InChI=1S/C15H22O2/c1-10(2)9-13-5-7-14(8-6-13)11(3)12(4)15(16)17/h5-8,10-12H,9H2,1-4H3,(H,16,17). The maximum atomic E-state index is 10.9. The Hall–Kier alpha value is -1.31. The first-order valence-electron chi connectivity index (χ1n) is 6.23. The number of benzene rings is 1. The Morgan fingerprint density at radius 1 is 1.12 bits per heavy atom. The van der Waals surface area contributed by atoms with Crippen molar-refractivity contribution in [3.05, 3.63) is 35.4 Å². The maximum Gasteiger partial charge on any atom is 0.306 e. The predicted octanol–water partition coefficient (Wildman–Crippen LogP) is 3.71. The van der Waals surface area contributed by atoms with Crippen LogP contribution in [-0.4, -0.2) is 11.1 Å². The Balaban J connectivity index is 2.76. The van der Waals surface area contributed by atoms with Crippen LogP contribution >= 0.6 is 0 Å². The lowest BCUT2D eigenvalue weighted by atomic mass is 9.88. The van der Waals surface area contributed by atoms with Crippen molar-refractivity contribution < 1.29 is 9.90 Å². The molecule has 0 fully saturated rings. The number of carboxylic acids is 1. The van der Waals surface area contributed by atoms with E-state index in [0.29, 0.717) is 5.92 Å². The summed E-state index contributed by atoms with van der Waals surface area (Å²) in [7, 11) is 0. The monoisotopic (exact) mass is 234 g/mol. The van der Waals surface area contributed by atoms with Gasteiger partial charge in [0.15, 0.2) is 0 Å². The summed E-state index contributed by atoms with van der Waals surface area (Å²) in [5.41, 5.74) is 2.42. The van der Waals surface area contributed by atoms with Gasteiger partial charge in [0.1, 0.15) is 0 Å². The zero-order chi connectivity index (χ0) is 13.0. The molecule has 2 atom stereocenters. The lowest BCUT2D eigenvalue weighted by Crippen LogP contribution is -2.16. The average Bonchev–Trinajstić information content (AvgIpc) is 2.27. The Morgan fingerprint density at radius 3 is 2.06 bits per heavy atom. The highest BCUT2D eigenvalue weighted by molar-refractivity contribution is 5.70. The van der Waals surface area contributed by atoms with Gasteiger partial charge in [0.2, 0.25) is 0 Å². The second kappa shape index (κ2) is 5.85. The van der Waals surface area contributed by atoms with Crippen LogP contribution in [0.2, 0.25) is 0 Å². The number of aliphatic carboxylic acids is 1. The topological polar surface area (TPSA) is 37.3 Å². The fourth-order valence-corrected chi connectivity index (χ4v) is 1.93. The van der Waals surface area contributed by atoms with E-state index in [2.05, 4.69) is 38.1 Å². The lowest BCUT2D eigenvalue weighted by Gasteiger charge is -2.17. The van der Waals surface area contributed by atoms with Crippen LogP contribution in [0.4, 0.5) is 0 Å². The smallest absolute Gasteiger partial charge is 0.306 e. The molecule has 0 saturated carbocycles. The molecule has 0 radical (unpaired) electrons. The SMILES string of the molecule is CC(C)Cc1ccc(C(C)C(C)C(=O)O)cc1. The predicted molar refractivity (Wildman–Crippen MR) is 70.2 cm³/mol. The molecule has 0 heterocycles. The van der Waals surface area contributed by atoms with Crippen LogP contribution in [0.3, 0.4) is 0 Å². The molecule has 0 bridgehead atoms. The minimum Gasteiger partial charge on any atom is -0.481 e. The first kappa shape index (κ1) is 13.8. The minimum absolute atomic E-state index is 0.0561. The number of hydrogen-bond donors (Lipinski definition) is 1. The van der Waals surface area contributed by atoms with Crippen LogP contribution in [-0.2, 0) is 11.2 Å². The Labute approximate surface area is 104 Å². The van der Waals surface area contributed by atoms with Crippen LogP contribution in [0.25, 0.3) is 0 Å². The summed E-state index contributed by atoms with van der Waals surface area (Å²) in [5, 5.41) is 8.99. The largest absolute Gasteiger partial charge is 0.481 e. The van der Waals surface area contributed by atoms with Crippen molar-refractivity contribution in [3.8, 4) is 0 Å². The van der Waals surface area contributed by atoms with Crippen molar-refractivity contribution in [1.29, 1.82) is 0 Å². The van der Waals surface area contributed by atoms with E-state index < -0.39 is 5.97 Å². The van der Waals surface area contributed by atoms with Crippen LogP contribution in [0.5, 0.6) is 0 Å². The van der Waals surface area contributed by atoms with E-state index in [0.717, 1.165) is 12.0 Å². The molecule has 0 aromatic heterocycles. The molecule has 1 N–H and O–H groups in total. The molecule has 0 aliphatic heterocycles. The van der Waals surface area contributed by atoms with Crippen LogP contribution in [0, 0.1) is 11.8 Å². The van der Waals surface area contributed by atoms with Gasteiger partial charge in [0.25, 0.3) is 0 Å². The normalized spacial score (nSPS) is 14.6. The third-order valence-electron chi connectivity index (χ3n) is 3.29. The van der Waals surface area contributed by atoms with Crippen molar-refractivity contribution in [2.45, 2.75) is 40.0 Å². The maximum absolute atomic E-state index is 10.9. The van der Waals surface area contributed by atoms with E-state index in [1.807, 2.05) is 6.92 Å². The first-order valence-corrected chi connectivity index (χ1v) is 6.23. The molecule has 2 nitrogen and oxygen atoms in total. The zero-order valence-corrected chi connectivity index (χ0v) is 11.1. The van der Waals surface area contributed by atoms with E-state index in [-0.39, 0.29) is 11.8 Å². The third kappa shape index (κ3) is 3.88. The Morgan fingerprint density at radius 2 is 1.65 bits per heavy atom. The van der Waals surface area contributed by atoms with Gasteiger partial charge in [-0.05, 0) is 29.4 Å². The van der Waals surface area contributed by atoms with Gasteiger partial charge >= 0.3 is 5.97 Å². The highest BCUT2D eigenvalue weighted by Gasteiger charge is 2.20. The zero-order valence-electron chi connectivity index (χ0n) is 11.1. The summed E-state index contributed by atoms with van der Waals surface area (Å²) >= 11 is 0. The second-order valence-corrected chi connectivity index (χ2v) is 5.26.